The van der Waals surface area contributed by atoms with E-state index in [4.69, 9.17) is 21.4 Å². The molecule has 20 heavy (non-hydrogen) atoms. The molecule has 6 heteroatoms. The second-order valence-corrected chi connectivity index (χ2v) is 5.31. The third-order valence-corrected chi connectivity index (χ3v) is 3.67. The lowest BCUT2D eigenvalue weighted by molar-refractivity contribution is -0.143. The number of aryl methyl sites for hydroxylation is 1. The van der Waals surface area contributed by atoms with Crippen molar-refractivity contribution in [1.82, 2.24) is 4.90 Å². The van der Waals surface area contributed by atoms with E-state index in [1.54, 1.807) is 18.2 Å². The van der Waals surface area contributed by atoms with Gasteiger partial charge in [0.25, 0.3) is 0 Å². The van der Waals surface area contributed by atoms with Gasteiger partial charge in [-0.15, -0.1) is 0 Å². The Morgan fingerprint density at radius 2 is 2.00 bits per heavy atom. The molecular formula is C14H16ClNO4. The minimum atomic E-state index is -0.799. The summed E-state index contributed by atoms with van der Waals surface area (Å²) in [7, 11) is 0. The fourth-order valence-corrected chi connectivity index (χ4v) is 2.42. The molecule has 1 N–H and O–H groups in total. The topological polar surface area (TPSA) is 66.8 Å². The fraction of sp³-hybridized carbons (Fsp3) is 0.429. The lowest BCUT2D eigenvalue weighted by Crippen LogP contribution is -2.41. The molecule has 1 saturated heterocycles. The molecule has 1 aliphatic rings. The van der Waals surface area contributed by atoms with Crippen molar-refractivity contribution in [1.29, 1.82) is 0 Å². The third kappa shape index (κ3) is 3.42. The van der Waals surface area contributed by atoms with Gasteiger partial charge in [0.2, 0.25) is 0 Å². The highest BCUT2D eigenvalue weighted by Gasteiger charge is 2.28. The molecule has 0 unspecified atom stereocenters. The van der Waals surface area contributed by atoms with Crippen LogP contribution in [0.1, 0.15) is 18.4 Å². The number of rotatable bonds is 2. The summed E-state index contributed by atoms with van der Waals surface area (Å²) in [5.74, 6) is -0.692. The Morgan fingerprint density at radius 3 is 2.55 bits per heavy atom. The van der Waals surface area contributed by atoms with Gasteiger partial charge < -0.3 is 14.7 Å². The number of amides is 1. The Morgan fingerprint density at radius 1 is 1.35 bits per heavy atom. The van der Waals surface area contributed by atoms with Crippen LogP contribution < -0.4 is 4.74 Å². The molecule has 5 nitrogen and oxygen atoms in total. The van der Waals surface area contributed by atoms with E-state index in [-0.39, 0.29) is 5.92 Å². The van der Waals surface area contributed by atoms with Crippen LogP contribution in [0.4, 0.5) is 4.79 Å². The van der Waals surface area contributed by atoms with Gasteiger partial charge in [-0.1, -0.05) is 11.6 Å². The summed E-state index contributed by atoms with van der Waals surface area (Å²) in [6, 6.07) is 5.04. The number of aliphatic carboxylic acids is 1. The molecule has 0 bridgehead atoms. The van der Waals surface area contributed by atoms with Crippen LogP contribution >= 0.6 is 11.6 Å². The quantitative estimate of drug-likeness (QED) is 0.911. The molecule has 0 aliphatic carbocycles. The maximum Gasteiger partial charge on any atom is 0.415 e. The Hall–Kier alpha value is -1.75. The normalized spacial score (nSPS) is 16.0. The molecule has 1 heterocycles. The van der Waals surface area contributed by atoms with Crippen LogP contribution in [0.5, 0.6) is 5.75 Å². The summed E-state index contributed by atoms with van der Waals surface area (Å²) >= 11 is 5.84. The molecule has 1 amide bonds. The van der Waals surface area contributed by atoms with Crippen molar-refractivity contribution in [2.75, 3.05) is 13.1 Å². The number of carboxylic acids is 1. The number of likely N-dealkylation sites (tertiary alicyclic amines) is 1. The van der Waals surface area contributed by atoms with Crippen molar-refractivity contribution < 1.29 is 19.4 Å². The molecule has 0 aromatic heterocycles. The third-order valence-electron chi connectivity index (χ3n) is 3.44. The molecule has 0 spiro atoms. The summed E-state index contributed by atoms with van der Waals surface area (Å²) in [5, 5.41) is 9.50. The number of ether oxygens (including phenoxy) is 1. The van der Waals surface area contributed by atoms with Gasteiger partial charge in [-0.3, -0.25) is 4.79 Å². The van der Waals surface area contributed by atoms with E-state index in [2.05, 4.69) is 0 Å². The van der Waals surface area contributed by atoms with Gasteiger partial charge in [-0.05, 0) is 43.5 Å². The predicted molar refractivity (Wildman–Crippen MR) is 74.1 cm³/mol. The van der Waals surface area contributed by atoms with Crippen molar-refractivity contribution in [2.45, 2.75) is 19.8 Å². The average Bonchev–Trinajstić information content (AvgIpc) is 2.42. The van der Waals surface area contributed by atoms with E-state index in [9.17, 15) is 9.59 Å². The largest absolute Gasteiger partial charge is 0.481 e. The number of carbonyl (C=O) groups excluding carboxylic acids is 1. The van der Waals surface area contributed by atoms with Crippen molar-refractivity contribution in [3.63, 3.8) is 0 Å². The van der Waals surface area contributed by atoms with E-state index in [0.717, 1.165) is 5.56 Å². The molecule has 1 aromatic carbocycles. The molecule has 1 aliphatic heterocycles. The van der Waals surface area contributed by atoms with Gasteiger partial charge in [0.05, 0.1) is 5.92 Å². The second kappa shape index (κ2) is 6.13. The monoisotopic (exact) mass is 297 g/mol. The lowest BCUT2D eigenvalue weighted by atomic mass is 9.97. The first-order valence-corrected chi connectivity index (χ1v) is 6.81. The first-order valence-electron chi connectivity index (χ1n) is 6.43. The first-order chi connectivity index (χ1) is 9.47. The Balaban J connectivity index is 1.94. The van der Waals surface area contributed by atoms with Crippen LogP contribution in [0.3, 0.4) is 0 Å². The van der Waals surface area contributed by atoms with Gasteiger partial charge in [-0.25, -0.2) is 4.79 Å². The van der Waals surface area contributed by atoms with Crippen molar-refractivity contribution in [3.05, 3.63) is 28.8 Å². The molecular weight excluding hydrogens is 282 g/mol. The summed E-state index contributed by atoms with van der Waals surface area (Å²) in [6.45, 7) is 2.62. The SMILES string of the molecule is Cc1cc(Cl)ccc1OC(=O)N1CCC(C(=O)O)CC1. The predicted octanol–water partition coefficient (Wildman–Crippen LogP) is 2.94. The van der Waals surface area contributed by atoms with Crippen LogP contribution in [0.25, 0.3) is 0 Å². The van der Waals surface area contributed by atoms with Gasteiger partial charge in [-0.2, -0.15) is 0 Å². The zero-order valence-electron chi connectivity index (χ0n) is 11.1. The number of benzene rings is 1. The smallest absolute Gasteiger partial charge is 0.415 e. The van der Waals surface area contributed by atoms with Crippen LogP contribution in [0, 0.1) is 12.8 Å². The molecule has 1 fully saturated rings. The van der Waals surface area contributed by atoms with E-state index >= 15 is 0 Å². The standard InChI is InChI=1S/C14H16ClNO4/c1-9-8-11(15)2-3-12(9)20-14(19)16-6-4-10(5-7-16)13(17)18/h2-3,8,10H,4-7H2,1H3,(H,17,18). The van der Waals surface area contributed by atoms with Gasteiger partial charge in [0, 0.05) is 18.1 Å². The van der Waals surface area contributed by atoms with Crippen molar-refractivity contribution in [3.8, 4) is 5.75 Å². The van der Waals surface area contributed by atoms with E-state index < -0.39 is 12.1 Å². The highest BCUT2D eigenvalue weighted by Crippen LogP contribution is 2.24. The molecule has 0 radical (unpaired) electrons. The average molecular weight is 298 g/mol. The maximum absolute atomic E-state index is 12.0. The number of carboxylic acid groups (broad SMARTS) is 1. The summed E-state index contributed by atoms with van der Waals surface area (Å²) in [4.78, 5) is 24.4. The van der Waals surface area contributed by atoms with Crippen LogP contribution in [0.2, 0.25) is 5.02 Å². The number of hydrogen-bond acceptors (Lipinski definition) is 3. The summed E-state index contributed by atoms with van der Waals surface area (Å²) in [6.07, 6.45) is 0.480. The van der Waals surface area contributed by atoms with Gasteiger partial charge >= 0.3 is 12.1 Å². The van der Waals surface area contributed by atoms with E-state index in [0.29, 0.717) is 36.7 Å². The number of halogens is 1. The number of carbonyl (C=O) groups is 2. The highest BCUT2D eigenvalue weighted by molar-refractivity contribution is 6.30. The highest BCUT2D eigenvalue weighted by atomic mass is 35.5. The number of piperidine rings is 1. The van der Waals surface area contributed by atoms with Crippen molar-refractivity contribution in [2.24, 2.45) is 5.92 Å². The Kier molecular flexibility index (Phi) is 4.49. The molecule has 1 aromatic rings. The minimum absolute atomic E-state index is 0.365. The van der Waals surface area contributed by atoms with Crippen LogP contribution in [-0.4, -0.2) is 35.2 Å². The minimum Gasteiger partial charge on any atom is -0.481 e. The van der Waals surface area contributed by atoms with Crippen molar-refractivity contribution >= 4 is 23.7 Å². The van der Waals surface area contributed by atoms with Gasteiger partial charge in [0.15, 0.2) is 0 Å². The molecule has 0 saturated carbocycles. The molecule has 108 valence electrons. The molecule has 0 atom stereocenters. The van der Waals surface area contributed by atoms with E-state index in [1.807, 2.05) is 6.92 Å². The Labute approximate surface area is 122 Å². The maximum atomic E-state index is 12.0. The zero-order chi connectivity index (χ0) is 14.7. The number of nitrogens with zero attached hydrogens (tertiary/aromatic N) is 1. The summed E-state index contributed by atoms with van der Waals surface area (Å²) in [5.41, 5.74) is 0.784. The summed E-state index contributed by atoms with van der Waals surface area (Å²) < 4.78 is 5.32. The van der Waals surface area contributed by atoms with Gasteiger partial charge in [0.1, 0.15) is 5.75 Å². The number of hydrogen-bond donors (Lipinski definition) is 1. The fourth-order valence-electron chi connectivity index (χ4n) is 2.19. The second-order valence-electron chi connectivity index (χ2n) is 4.88. The lowest BCUT2D eigenvalue weighted by Gasteiger charge is -2.29. The van der Waals surface area contributed by atoms with Crippen LogP contribution in [0.15, 0.2) is 18.2 Å². The van der Waals surface area contributed by atoms with E-state index in [1.165, 1.54) is 4.90 Å². The Bertz CT molecular complexity index is 524. The van der Waals surface area contributed by atoms with Crippen LogP contribution in [-0.2, 0) is 4.79 Å². The molecule has 2 rings (SSSR count). The first kappa shape index (κ1) is 14.7. The zero-order valence-corrected chi connectivity index (χ0v) is 11.9.